The number of hydrogen-bond acceptors (Lipinski definition) is 5. The van der Waals surface area contributed by atoms with Crippen LogP contribution in [-0.2, 0) is 0 Å². The van der Waals surface area contributed by atoms with E-state index in [2.05, 4.69) is 5.32 Å². The summed E-state index contributed by atoms with van der Waals surface area (Å²) >= 11 is 5.69. The van der Waals surface area contributed by atoms with Crippen LogP contribution in [0.5, 0.6) is 5.75 Å². The molecular formula is C25H19N3O4S. The maximum atomic E-state index is 13.6. The SMILES string of the molecule is COc1cccc(NC(=S)/C(=C(/[O-])c2ccc([N+](=O)[O-])cc2)[n+]2cccc3ccccc32)c1. The first-order valence-corrected chi connectivity index (χ1v) is 10.4. The highest BCUT2D eigenvalue weighted by Crippen LogP contribution is 2.23. The lowest BCUT2D eigenvalue weighted by molar-refractivity contribution is -0.549. The fourth-order valence-electron chi connectivity index (χ4n) is 3.44. The van der Waals surface area contributed by atoms with Crippen molar-refractivity contribution >= 4 is 50.9 Å². The van der Waals surface area contributed by atoms with Crippen molar-refractivity contribution in [2.24, 2.45) is 0 Å². The van der Waals surface area contributed by atoms with Crippen LogP contribution in [0.15, 0.2) is 91.1 Å². The Hall–Kier alpha value is -4.30. The molecule has 0 saturated carbocycles. The molecule has 0 saturated heterocycles. The summed E-state index contributed by atoms with van der Waals surface area (Å²) in [6.07, 6.45) is 1.76. The predicted octanol–water partition coefficient (Wildman–Crippen LogP) is 4.17. The average Bonchev–Trinajstić information content (AvgIpc) is 2.84. The van der Waals surface area contributed by atoms with Gasteiger partial charge in [-0.3, -0.25) is 10.1 Å². The van der Waals surface area contributed by atoms with Crippen molar-refractivity contribution in [3.8, 4) is 5.75 Å². The smallest absolute Gasteiger partial charge is 0.269 e. The monoisotopic (exact) mass is 457 g/mol. The number of rotatable bonds is 6. The summed E-state index contributed by atoms with van der Waals surface area (Å²) in [4.78, 5) is 10.7. The third-order valence-electron chi connectivity index (χ3n) is 5.05. The minimum Gasteiger partial charge on any atom is -0.867 e. The first-order chi connectivity index (χ1) is 16.0. The van der Waals surface area contributed by atoms with Gasteiger partial charge >= 0.3 is 0 Å². The molecule has 0 aliphatic carbocycles. The van der Waals surface area contributed by atoms with Crippen LogP contribution < -0.4 is 19.7 Å². The van der Waals surface area contributed by atoms with E-state index < -0.39 is 4.92 Å². The number of nitrogens with zero attached hydrogens (tertiary/aromatic N) is 2. The highest BCUT2D eigenvalue weighted by Gasteiger charge is 2.22. The Kier molecular flexibility index (Phi) is 6.28. The molecule has 0 amide bonds. The fraction of sp³-hybridized carbons (Fsp3) is 0.0400. The molecule has 1 aromatic heterocycles. The van der Waals surface area contributed by atoms with Gasteiger partial charge in [0.2, 0.25) is 11.2 Å². The predicted molar refractivity (Wildman–Crippen MR) is 130 cm³/mol. The topological polar surface area (TPSA) is 91.3 Å². The van der Waals surface area contributed by atoms with E-state index in [4.69, 9.17) is 17.0 Å². The maximum absolute atomic E-state index is 13.6. The van der Waals surface area contributed by atoms with E-state index in [0.717, 1.165) is 10.9 Å². The molecule has 0 unspecified atom stereocenters. The van der Waals surface area contributed by atoms with Gasteiger partial charge in [-0.2, -0.15) is 4.57 Å². The molecule has 0 spiro atoms. The van der Waals surface area contributed by atoms with Gasteiger partial charge in [0.1, 0.15) is 5.75 Å². The lowest BCUT2D eigenvalue weighted by Gasteiger charge is -2.18. The van der Waals surface area contributed by atoms with Gasteiger partial charge in [0.15, 0.2) is 11.2 Å². The minimum absolute atomic E-state index is 0.0944. The van der Waals surface area contributed by atoms with Crippen molar-refractivity contribution in [1.82, 2.24) is 0 Å². The number of aromatic nitrogens is 1. The quantitative estimate of drug-likeness (QED) is 0.117. The fourth-order valence-corrected chi connectivity index (χ4v) is 3.75. The van der Waals surface area contributed by atoms with E-state index in [9.17, 15) is 15.2 Å². The molecule has 4 aromatic rings. The first-order valence-electron chi connectivity index (χ1n) is 9.99. The number of non-ortho nitro benzene ring substituents is 1. The Morgan fingerprint density at radius 1 is 1.00 bits per heavy atom. The number of nitro groups is 1. The number of methoxy groups -OCH3 is 1. The van der Waals surface area contributed by atoms with Gasteiger partial charge in [0.25, 0.3) is 5.69 Å². The maximum Gasteiger partial charge on any atom is 0.269 e. The van der Waals surface area contributed by atoms with Crippen molar-refractivity contribution in [2.75, 3.05) is 12.4 Å². The third-order valence-corrected chi connectivity index (χ3v) is 5.34. The highest BCUT2D eigenvalue weighted by atomic mass is 32.1. The average molecular weight is 458 g/mol. The van der Waals surface area contributed by atoms with E-state index in [1.807, 2.05) is 48.5 Å². The Bertz CT molecular complexity index is 1380. The van der Waals surface area contributed by atoms with Crippen molar-refractivity contribution in [3.05, 3.63) is 107 Å². The molecule has 0 aliphatic rings. The van der Waals surface area contributed by atoms with Crippen molar-refractivity contribution in [2.45, 2.75) is 0 Å². The Labute approximate surface area is 195 Å². The van der Waals surface area contributed by atoms with Crippen LogP contribution >= 0.6 is 12.2 Å². The van der Waals surface area contributed by atoms with Gasteiger partial charge in [-0.05, 0) is 47.7 Å². The zero-order chi connectivity index (χ0) is 23.4. The van der Waals surface area contributed by atoms with Crippen LogP contribution in [0.25, 0.3) is 22.4 Å². The van der Waals surface area contributed by atoms with E-state index in [-0.39, 0.29) is 27.7 Å². The largest absolute Gasteiger partial charge is 0.867 e. The highest BCUT2D eigenvalue weighted by molar-refractivity contribution is 7.81. The van der Waals surface area contributed by atoms with Gasteiger partial charge in [-0.1, -0.05) is 30.4 Å². The van der Waals surface area contributed by atoms with Gasteiger partial charge in [0, 0.05) is 41.4 Å². The normalized spacial score (nSPS) is 11.5. The summed E-state index contributed by atoms with van der Waals surface area (Å²) in [5.74, 6) is 0.274. The van der Waals surface area contributed by atoms with Gasteiger partial charge in [-0.25, -0.2) is 0 Å². The zero-order valence-electron chi connectivity index (χ0n) is 17.6. The summed E-state index contributed by atoms with van der Waals surface area (Å²) < 4.78 is 7.00. The van der Waals surface area contributed by atoms with Crippen LogP contribution in [0.4, 0.5) is 11.4 Å². The van der Waals surface area contributed by atoms with Gasteiger partial charge < -0.3 is 15.2 Å². The molecule has 164 valence electrons. The summed E-state index contributed by atoms with van der Waals surface area (Å²) in [6, 6.07) is 24.1. The molecule has 0 aliphatic heterocycles. The molecule has 4 rings (SSSR count). The number of benzene rings is 3. The number of thiocarbonyl (C=S) groups is 1. The van der Waals surface area contributed by atoms with Crippen LogP contribution in [0.1, 0.15) is 5.56 Å². The Morgan fingerprint density at radius 3 is 2.45 bits per heavy atom. The van der Waals surface area contributed by atoms with Crippen molar-refractivity contribution in [1.29, 1.82) is 0 Å². The standard InChI is InChI=1S/C25H19N3O4S/c1-32-21-9-4-8-19(16-21)26-25(33)23(24(29)18-11-13-20(14-12-18)28(30)31)27-15-5-7-17-6-2-3-10-22(17)27/h2-16H,1H3,(H-,26,29,33). The zero-order valence-corrected chi connectivity index (χ0v) is 18.4. The second kappa shape index (κ2) is 9.46. The number of para-hydroxylation sites is 1. The first kappa shape index (κ1) is 21.9. The molecule has 3 aromatic carbocycles. The molecule has 0 radical (unpaired) electrons. The van der Waals surface area contributed by atoms with Crippen molar-refractivity contribution < 1.29 is 19.3 Å². The lowest BCUT2D eigenvalue weighted by atomic mass is 10.1. The van der Waals surface area contributed by atoms with Gasteiger partial charge in [-0.15, -0.1) is 0 Å². The van der Waals surface area contributed by atoms with E-state index in [0.29, 0.717) is 11.4 Å². The Morgan fingerprint density at radius 2 is 1.73 bits per heavy atom. The molecule has 33 heavy (non-hydrogen) atoms. The van der Waals surface area contributed by atoms with E-state index in [1.54, 1.807) is 30.0 Å². The molecule has 1 heterocycles. The summed E-state index contributed by atoms with van der Waals surface area (Å²) in [7, 11) is 1.57. The summed E-state index contributed by atoms with van der Waals surface area (Å²) in [5.41, 5.74) is 1.86. The number of anilines is 1. The number of ether oxygens (including phenoxy) is 1. The number of nitrogens with one attached hydrogen (secondary N) is 1. The molecule has 7 nitrogen and oxygen atoms in total. The van der Waals surface area contributed by atoms with Crippen LogP contribution in [0.3, 0.4) is 0 Å². The van der Waals surface area contributed by atoms with Crippen LogP contribution in [0.2, 0.25) is 0 Å². The minimum atomic E-state index is -0.507. The van der Waals surface area contributed by atoms with Crippen LogP contribution in [0, 0.1) is 10.1 Å². The van der Waals surface area contributed by atoms with E-state index in [1.165, 1.54) is 24.3 Å². The lowest BCUT2D eigenvalue weighted by Crippen LogP contribution is -2.40. The molecule has 0 atom stereocenters. The van der Waals surface area contributed by atoms with Gasteiger partial charge in [0.05, 0.1) is 12.0 Å². The number of nitro benzene ring substituents is 1. The summed E-state index contributed by atoms with van der Waals surface area (Å²) in [6.45, 7) is 0. The molecular weight excluding hydrogens is 438 g/mol. The molecule has 0 fully saturated rings. The number of hydrogen-bond donors (Lipinski definition) is 1. The number of pyridine rings is 1. The molecule has 0 bridgehead atoms. The van der Waals surface area contributed by atoms with Crippen LogP contribution in [-0.4, -0.2) is 17.0 Å². The Balaban J connectivity index is 1.86. The number of fused-ring (bicyclic) bond motifs is 1. The molecule has 1 N–H and O–H groups in total. The van der Waals surface area contributed by atoms with Crippen molar-refractivity contribution in [3.63, 3.8) is 0 Å². The van der Waals surface area contributed by atoms with E-state index >= 15 is 0 Å². The second-order valence-electron chi connectivity index (χ2n) is 7.10. The molecule has 8 heteroatoms. The third kappa shape index (κ3) is 4.65. The summed E-state index contributed by atoms with van der Waals surface area (Å²) in [5, 5.41) is 28.7. The second-order valence-corrected chi connectivity index (χ2v) is 7.51.